The Hall–Kier alpha value is -1.75. The summed E-state index contributed by atoms with van der Waals surface area (Å²) in [5, 5.41) is 5.19. The predicted octanol–water partition coefficient (Wildman–Crippen LogP) is 2.02. The largest absolute Gasteiger partial charge is 0.354 e. The summed E-state index contributed by atoms with van der Waals surface area (Å²) < 4.78 is 41.4. The van der Waals surface area contributed by atoms with Crippen LogP contribution in [0, 0.1) is 11.7 Å². The van der Waals surface area contributed by atoms with Crippen LogP contribution in [0.3, 0.4) is 0 Å². The van der Waals surface area contributed by atoms with Crippen molar-refractivity contribution in [2.75, 3.05) is 18.9 Å². The van der Waals surface area contributed by atoms with Crippen molar-refractivity contribution in [3.63, 3.8) is 0 Å². The van der Waals surface area contributed by atoms with Gasteiger partial charge in [-0.05, 0) is 43.4 Å². The number of carbonyl (C=O) groups is 2. The van der Waals surface area contributed by atoms with E-state index in [1.807, 2.05) is 0 Å². The van der Waals surface area contributed by atoms with E-state index in [1.165, 1.54) is 25.6 Å². The van der Waals surface area contributed by atoms with Crippen LogP contribution in [0.5, 0.6) is 0 Å². The first-order valence-corrected chi connectivity index (χ1v) is 11.8. The highest BCUT2D eigenvalue weighted by molar-refractivity contribution is 7.87. The highest BCUT2D eigenvalue weighted by atomic mass is 35.5. The molecule has 0 aromatic heterocycles. The summed E-state index contributed by atoms with van der Waals surface area (Å²) >= 11 is 5.73. The molecule has 2 aliphatic rings. The zero-order valence-electron chi connectivity index (χ0n) is 16.7. The molecule has 1 heterocycles. The number of benzene rings is 1. The van der Waals surface area contributed by atoms with Gasteiger partial charge in [-0.3, -0.25) is 9.59 Å². The average molecular weight is 461 g/mol. The molecule has 1 aromatic carbocycles. The lowest BCUT2D eigenvalue weighted by Gasteiger charge is -2.35. The monoisotopic (exact) mass is 460 g/mol. The topological polar surface area (TPSA) is 108 Å². The van der Waals surface area contributed by atoms with Gasteiger partial charge in [0.25, 0.3) is 10.2 Å². The molecule has 2 fully saturated rings. The van der Waals surface area contributed by atoms with Crippen LogP contribution >= 0.6 is 11.6 Å². The third-order valence-electron chi connectivity index (χ3n) is 5.66. The van der Waals surface area contributed by atoms with Gasteiger partial charge in [-0.15, -0.1) is 0 Å². The van der Waals surface area contributed by atoms with Crippen LogP contribution in [0.4, 0.5) is 10.1 Å². The van der Waals surface area contributed by atoms with E-state index in [4.69, 9.17) is 11.6 Å². The fourth-order valence-electron chi connectivity index (χ4n) is 3.84. The summed E-state index contributed by atoms with van der Waals surface area (Å²) in [6, 6.07) is 1.50. The number of nitrogens with one attached hydrogen (secondary N) is 3. The van der Waals surface area contributed by atoms with Gasteiger partial charge in [-0.2, -0.15) is 17.4 Å². The first-order valence-electron chi connectivity index (χ1n) is 9.96. The maximum Gasteiger partial charge on any atom is 0.280 e. The van der Waals surface area contributed by atoms with Gasteiger partial charge in [0.05, 0.1) is 5.02 Å². The van der Waals surface area contributed by atoms with E-state index in [1.54, 1.807) is 0 Å². The summed E-state index contributed by atoms with van der Waals surface area (Å²) in [4.78, 5) is 25.3. The quantitative estimate of drug-likeness (QED) is 0.624. The van der Waals surface area contributed by atoms with E-state index in [9.17, 15) is 22.4 Å². The summed E-state index contributed by atoms with van der Waals surface area (Å²) in [6.45, 7) is 0.498. The second-order valence-electron chi connectivity index (χ2n) is 7.81. The third kappa shape index (κ3) is 5.48. The van der Waals surface area contributed by atoms with Gasteiger partial charge in [0.1, 0.15) is 17.9 Å². The van der Waals surface area contributed by atoms with E-state index in [0.29, 0.717) is 12.5 Å². The Morgan fingerprint density at radius 1 is 1.23 bits per heavy atom. The average Bonchev–Trinajstić information content (AvgIpc) is 2.71. The molecule has 166 valence electrons. The van der Waals surface area contributed by atoms with E-state index in [0.717, 1.165) is 36.1 Å². The lowest BCUT2D eigenvalue weighted by molar-refractivity contribution is -0.125. The second-order valence-corrected chi connectivity index (χ2v) is 9.98. The van der Waals surface area contributed by atoms with Crippen molar-refractivity contribution in [2.45, 2.75) is 50.6 Å². The molecule has 2 unspecified atom stereocenters. The number of anilines is 1. The number of likely N-dealkylation sites (N-methyl/N-ethyl adjacent to an activating group) is 1. The van der Waals surface area contributed by atoms with E-state index in [-0.39, 0.29) is 17.1 Å². The van der Waals surface area contributed by atoms with Crippen LogP contribution in [0.2, 0.25) is 5.02 Å². The van der Waals surface area contributed by atoms with Gasteiger partial charge in [-0.25, -0.2) is 4.39 Å². The second kappa shape index (κ2) is 9.59. The SMILES string of the molecule is CN1C(C(=O)Nc2ccc(F)c(Cl)c2)CC(C(=O)NCC2CCCCC2)NS1(=O)=O. The van der Waals surface area contributed by atoms with Crippen molar-refractivity contribution < 1.29 is 22.4 Å². The van der Waals surface area contributed by atoms with Crippen LogP contribution in [0.1, 0.15) is 38.5 Å². The van der Waals surface area contributed by atoms with Crippen molar-refractivity contribution in [3.8, 4) is 0 Å². The maximum atomic E-state index is 13.3. The maximum absolute atomic E-state index is 13.3. The van der Waals surface area contributed by atoms with Crippen LogP contribution in [0.25, 0.3) is 0 Å². The number of nitrogens with zero attached hydrogens (tertiary/aromatic N) is 1. The van der Waals surface area contributed by atoms with Crippen LogP contribution in [-0.4, -0.2) is 50.2 Å². The smallest absolute Gasteiger partial charge is 0.280 e. The van der Waals surface area contributed by atoms with Gasteiger partial charge in [0, 0.05) is 19.3 Å². The number of halogens is 2. The number of hydrogen-bond acceptors (Lipinski definition) is 4. The minimum Gasteiger partial charge on any atom is -0.354 e. The fourth-order valence-corrected chi connectivity index (χ4v) is 5.27. The first-order chi connectivity index (χ1) is 14.2. The predicted molar refractivity (Wildman–Crippen MR) is 112 cm³/mol. The minimum absolute atomic E-state index is 0.0347. The Balaban J connectivity index is 1.66. The Morgan fingerprint density at radius 3 is 2.60 bits per heavy atom. The number of hydrogen-bond donors (Lipinski definition) is 3. The molecule has 1 saturated carbocycles. The first kappa shape index (κ1) is 22.9. The van der Waals surface area contributed by atoms with Crippen molar-refractivity contribution in [1.82, 2.24) is 14.3 Å². The lowest BCUT2D eigenvalue weighted by atomic mass is 9.89. The molecule has 2 atom stereocenters. The van der Waals surface area contributed by atoms with Crippen LogP contribution in [0.15, 0.2) is 18.2 Å². The molecule has 0 bridgehead atoms. The van der Waals surface area contributed by atoms with Crippen molar-refractivity contribution in [1.29, 1.82) is 0 Å². The molecular weight excluding hydrogens is 435 g/mol. The molecule has 1 aromatic rings. The number of amides is 2. The Bertz CT molecular complexity index is 908. The van der Waals surface area contributed by atoms with Crippen molar-refractivity contribution >= 4 is 39.3 Å². The van der Waals surface area contributed by atoms with E-state index in [2.05, 4.69) is 15.4 Å². The Morgan fingerprint density at radius 2 is 1.93 bits per heavy atom. The third-order valence-corrected chi connectivity index (χ3v) is 7.55. The molecule has 30 heavy (non-hydrogen) atoms. The van der Waals surface area contributed by atoms with E-state index < -0.39 is 39.9 Å². The van der Waals surface area contributed by atoms with E-state index >= 15 is 0 Å². The van der Waals surface area contributed by atoms with Crippen LogP contribution in [-0.2, 0) is 19.8 Å². The highest BCUT2D eigenvalue weighted by Gasteiger charge is 2.42. The van der Waals surface area contributed by atoms with Gasteiger partial charge < -0.3 is 10.6 Å². The van der Waals surface area contributed by atoms with Crippen molar-refractivity contribution in [3.05, 3.63) is 29.0 Å². The van der Waals surface area contributed by atoms with Gasteiger partial charge in [-0.1, -0.05) is 30.9 Å². The molecule has 1 saturated heterocycles. The molecule has 0 spiro atoms. The zero-order chi connectivity index (χ0) is 21.9. The highest BCUT2D eigenvalue weighted by Crippen LogP contribution is 2.24. The Kier molecular flexibility index (Phi) is 7.33. The zero-order valence-corrected chi connectivity index (χ0v) is 18.2. The Labute approximate surface area is 180 Å². The lowest BCUT2D eigenvalue weighted by Crippen LogP contribution is -2.62. The van der Waals surface area contributed by atoms with Gasteiger partial charge >= 0.3 is 0 Å². The standard InChI is InChI=1S/C19H26ClFN4O4S/c1-25-17(19(27)23-13-7-8-15(21)14(20)9-13)10-16(24-30(25,28)29)18(26)22-11-12-5-3-2-4-6-12/h7-9,12,16-17,24H,2-6,10-11H2,1H3,(H,22,26)(H,23,27). The number of carbonyl (C=O) groups excluding carboxylic acids is 2. The molecule has 3 rings (SSSR count). The summed E-state index contributed by atoms with van der Waals surface area (Å²) in [7, 11) is -2.76. The molecule has 3 N–H and O–H groups in total. The molecule has 1 aliphatic carbocycles. The van der Waals surface area contributed by atoms with Crippen LogP contribution < -0.4 is 15.4 Å². The normalized spacial score (nSPS) is 24.9. The molecule has 2 amide bonds. The summed E-state index contributed by atoms with van der Waals surface area (Å²) in [5.41, 5.74) is 0.231. The van der Waals surface area contributed by atoms with Gasteiger partial charge in [0.2, 0.25) is 11.8 Å². The molecular formula is C19H26ClFN4O4S. The minimum atomic E-state index is -4.02. The molecule has 11 heteroatoms. The number of rotatable bonds is 5. The van der Waals surface area contributed by atoms with Gasteiger partial charge in [0.15, 0.2) is 0 Å². The summed E-state index contributed by atoms with van der Waals surface area (Å²) in [6.07, 6.45) is 5.53. The van der Waals surface area contributed by atoms with Crippen molar-refractivity contribution in [2.24, 2.45) is 5.92 Å². The molecule has 0 radical (unpaired) electrons. The molecule has 8 nitrogen and oxygen atoms in total. The summed E-state index contributed by atoms with van der Waals surface area (Å²) in [5.74, 6) is -1.31. The molecule has 1 aliphatic heterocycles. The fraction of sp³-hybridized carbons (Fsp3) is 0.579.